The van der Waals surface area contributed by atoms with E-state index in [-0.39, 0.29) is 23.7 Å². The van der Waals surface area contributed by atoms with Gasteiger partial charge in [-0.2, -0.15) is 0 Å². The van der Waals surface area contributed by atoms with Crippen LogP contribution in [-0.4, -0.2) is 51.4 Å². The fraction of sp³-hybridized carbons (Fsp3) is 0.538. The first-order valence-electron chi connectivity index (χ1n) is 11.9. The molecule has 0 aromatic carbocycles. The highest BCUT2D eigenvalue weighted by molar-refractivity contribution is 6.08. The van der Waals surface area contributed by atoms with E-state index in [1.165, 1.54) is 12.8 Å². The largest absolute Gasteiger partial charge is 0.340 e. The fourth-order valence-corrected chi connectivity index (χ4v) is 4.64. The molecule has 2 atom stereocenters. The molecule has 3 rings (SSSR count). The van der Waals surface area contributed by atoms with Gasteiger partial charge in [0.05, 0.1) is 5.70 Å². The second-order valence-corrected chi connectivity index (χ2v) is 8.73. The number of likely N-dealkylation sites (N-methyl/N-ethyl adjacent to an activating group) is 1. The zero-order valence-electron chi connectivity index (χ0n) is 20.0. The second-order valence-electron chi connectivity index (χ2n) is 8.73. The molecule has 2 aliphatic rings. The molecule has 2 fully saturated rings. The number of amidine groups is 1. The molecule has 1 amide bonds. The number of aromatic nitrogens is 1. The lowest BCUT2D eigenvalue weighted by Crippen LogP contribution is -2.60. The van der Waals surface area contributed by atoms with Crippen molar-refractivity contribution >= 4 is 17.5 Å². The number of allylic oxidation sites excluding steroid dienone is 3. The molecule has 6 heteroatoms. The summed E-state index contributed by atoms with van der Waals surface area (Å²) in [4.78, 5) is 39.4. The number of hydrogen-bond donors (Lipinski definition) is 0. The van der Waals surface area contributed by atoms with Crippen LogP contribution in [0.1, 0.15) is 76.7 Å². The zero-order valence-corrected chi connectivity index (χ0v) is 20.0. The Morgan fingerprint density at radius 1 is 1.28 bits per heavy atom. The lowest BCUT2D eigenvalue weighted by Gasteiger charge is -2.45. The summed E-state index contributed by atoms with van der Waals surface area (Å²) in [6.07, 6.45) is 11.3. The average Bonchev–Trinajstić information content (AvgIpc) is 3.35. The number of carbonyl (C=O) groups is 2. The number of pyridine rings is 1. The summed E-state index contributed by atoms with van der Waals surface area (Å²) in [5.74, 6) is 0.882. The highest BCUT2D eigenvalue weighted by Crippen LogP contribution is 2.33. The zero-order chi connectivity index (χ0) is 23.3. The topological polar surface area (TPSA) is 65.9 Å². The third-order valence-electron chi connectivity index (χ3n) is 6.71. The van der Waals surface area contributed by atoms with Crippen molar-refractivity contribution in [3.8, 4) is 0 Å². The molecule has 1 aliphatic carbocycles. The second kappa shape index (κ2) is 10.7. The minimum Gasteiger partial charge on any atom is -0.340 e. The van der Waals surface area contributed by atoms with Crippen molar-refractivity contribution in [3.63, 3.8) is 0 Å². The van der Waals surface area contributed by atoms with Crippen LogP contribution < -0.4 is 0 Å². The van der Waals surface area contributed by atoms with Crippen molar-refractivity contribution in [2.24, 2.45) is 10.9 Å². The van der Waals surface area contributed by atoms with Gasteiger partial charge in [-0.05, 0) is 50.7 Å². The van der Waals surface area contributed by atoms with E-state index >= 15 is 0 Å². The molecule has 172 valence electrons. The Morgan fingerprint density at radius 3 is 2.56 bits per heavy atom. The molecule has 0 spiro atoms. The average molecular weight is 437 g/mol. The molecule has 1 saturated heterocycles. The molecule has 1 aromatic rings. The number of piperazine rings is 1. The summed E-state index contributed by atoms with van der Waals surface area (Å²) >= 11 is 0. The Morgan fingerprint density at radius 2 is 2.00 bits per heavy atom. The number of nitrogens with zero attached hydrogens (tertiary/aromatic N) is 4. The summed E-state index contributed by atoms with van der Waals surface area (Å²) in [7, 11) is 1.83. The lowest BCUT2D eigenvalue weighted by molar-refractivity contribution is -0.134. The van der Waals surface area contributed by atoms with Crippen molar-refractivity contribution in [3.05, 3.63) is 53.6 Å². The Kier molecular flexibility index (Phi) is 7.99. The highest BCUT2D eigenvalue weighted by Gasteiger charge is 2.42. The van der Waals surface area contributed by atoms with Gasteiger partial charge in [0.15, 0.2) is 5.84 Å². The monoisotopic (exact) mass is 436 g/mol. The number of amides is 1. The van der Waals surface area contributed by atoms with Gasteiger partial charge in [-0.1, -0.05) is 45.8 Å². The van der Waals surface area contributed by atoms with Gasteiger partial charge in [0.1, 0.15) is 11.7 Å². The first-order chi connectivity index (χ1) is 15.4. The fourth-order valence-electron chi connectivity index (χ4n) is 4.64. The number of aliphatic imine (C=N–C) groups is 1. The van der Waals surface area contributed by atoms with Crippen molar-refractivity contribution in [2.75, 3.05) is 7.05 Å². The van der Waals surface area contributed by atoms with Crippen molar-refractivity contribution < 1.29 is 9.59 Å². The SMILES string of the molecule is C\C=C1/C(=N/C(=C/C(=O)c2ccccn2)C(C)CC)N(C2CCCC2)C(CC)C(=O)N1C. The van der Waals surface area contributed by atoms with Crippen molar-refractivity contribution in [1.29, 1.82) is 0 Å². The van der Waals surface area contributed by atoms with E-state index in [1.807, 2.05) is 26.1 Å². The smallest absolute Gasteiger partial charge is 0.249 e. The molecule has 0 radical (unpaired) electrons. The minimum absolute atomic E-state index is 0.0988. The summed E-state index contributed by atoms with van der Waals surface area (Å²) in [5.41, 5.74) is 1.96. The van der Waals surface area contributed by atoms with E-state index in [0.717, 1.165) is 42.9 Å². The van der Waals surface area contributed by atoms with Crippen LogP contribution in [0.2, 0.25) is 0 Å². The number of rotatable bonds is 7. The molecule has 32 heavy (non-hydrogen) atoms. The lowest BCUT2D eigenvalue weighted by atomic mass is 10.00. The van der Waals surface area contributed by atoms with Gasteiger partial charge >= 0.3 is 0 Å². The highest BCUT2D eigenvalue weighted by atomic mass is 16.2. The quantitative estimate of drug-likeness (QED) is 0.446. The Bertz CT molecular complexity index is 913. The standard InChI is InChI=1S/C26H36N4O2/c1-6-18(4)21(17-24(31)20-15-11-12-16-27-20)28-25-22(7-2)29(5)26(32)23(8-3)30(25)19-13-9-10-14-19/h7,11-12,15-19,23H,6,8-10,13-14H2,1-5H3/b21-17+,22-7+,28-25-. The summed E-state index contributed by atoms with van der Waals surface area (Å²) in [6, 6.07) is 5.42. The van der Waals surface area contributed by atoms with Gasteiger partial charge < -0.3 is 9.80 Å². The number of carbonyl (C=O) groups excluding carboxylic acids is 2. The molecule has 0 bridgehead atoms. The van der Waals surface area contributed by atoms with Gasteiger partial charge in [-0.15, -0.1) is 0 Å². The summed E-state index contributed by atoms with van der Waals surface area (Å²) < 4.78 is 0. The molecule has 2 unspecified atom stereocenters. The van der Waals surface area contributed by atoms with E-state index in [4.69, 9.17) is 4.99 Å². The summed E-state index contributed by atoms with van der Waals surface area (Å²) in [5, 5.41) is 0. The number of hydrogen-bond acceptors (Lipinski definition) is 4. The van der Waals surface area contributed by atoms with Gasteiger partial charge in [-0.3, -0.25) is 14.6 Å². The molecule has 1 saturated carbocycles. The van der Waals surface area contributed by atoms with Crippen LogP contribution >= 0.6 is 0 Å². The Labute approximate surface area is 192 Å². The maximum absolute atomic E-state index is 13.2. The van der Waals surface area contributed by atoms with Crippen LogP contribution in [0.3, 0.4) is 0 Å². The van der Waals surface area contributed by atoms with Crippen LogP contribution in [0.15, 0.2) is 52.9 Å². The van der Waals surface area contributed by atoms with Crippen LogP contribution in [0.25, 0.3) is 0 Å². The molecule has 1 aromatic heterocycles. The van der Waals surface area contributed by atoms with Crippen molar-refractivity contribution in [1.82, 2.24) is 14.8 Å². The maximum Gasteiger partial charge on any atom is 0.249 e. The minimum atomic E-state index is -0.227. The third-order valence-corrected chi connectivity index (χ3v) is 6.71. The van der Waals surface area contributed by atoms with Gasteiger partial charge in [0, 0.05) is 31.1 Å². The van der Waals surface area contributed by atoms with E-state index in [1.54, 1.807) is 29.3 Å². The van der Waals surface area contributed by atoms with E-state index in [0.29, 0.717) is 11.7 Å². The van der Waals surface area contributed by atoms with E-state index in [2.05, 4.69) is 30.7 Å². The van der Waals surface area contributed by atoms with Crippen LogP contribution in [-0.2, 0) is 4.79 Å². The first-order valence-corrected chi connectivity index (χ1v) is 11.9. The molecule has 6 nitrogen and oxygen atoms in total. The van der Waals surface area contributed by atoms with E-state index < -0.39 is 0 Å². The van der Waals surface area contributed by atoms with Crippen LogP contribution in [0, 0.1) is 5.92 Å². The Hall–Kier alpha value is -2.76. The third kappa shape index (κ3) is 4.84. The Balaban J connectivity index is 2.13. The number of ketones is 1. The molecular formula is C26H36N4O2. The summed E-state index contributed by atoms with van der Waals surface area (Å²) in [6.45, 7) is 8.19. The van der Waals surface area contributed by atoms with Gasteiger partial charge in [-0.25, -0.2) is 4.99 Å². The predicted octanol–water partition coefficient (Wildman–Crippen LogP) is 4.99. The molecule has 2 heterocycles. The van der Waals surface area contributed by atoms with Crippen LogP contribution in [0.4, 0.5) is 0 Å². The molecular weight excluding hydrogens is 400 g/mol. The predicted molar refractivity (Wildman–Crippen MR) is 128 cm³/mol. The van der Waals surface area contributed by atoms with E-state index in [9.17, 15) is 9.59 Å². The molecule has 1 aliphatic heterocycles. The van der Waals surface area contributed by atoms with Crippen molar-refractivity contribution in [2.45, 2.75) is 78.3 Å². The first kappa shape index (κ1) is 23.9. The molecule has 0 N–H and O–H groups in total. The van der Waals surface area contributed by atoms with Gasteiger partial charge in [0.25, 0.3) is 0 Å². The normalized spacial score (nSPS) is 24.0. The maximum atomic E-state index is 13.2. The van der Waals surface area contributed by atoms with Crippen LogP contribution in [0.5, 0.6) is 0 Å². The van der Waals surface area contributed by atoms with Gasteiger partial charge in [0.2, 0.25) is 11.7 Å².